The van der Waals surface area contributed by atoms with Gasteiger partial charge < -0.3 is 15.0 Å². The zero-order valence-electron chi connectivity index (χ0n) is 8.48. The predicted molar refractivity (Wildman–Crippen MR) is 52.0 cm³/mol. The third kappa shape index (κ3) is 6.60. The Balaban J connectivity index is 0.000000364. The highest BCUT2D eigenvalue weighted by Crippen LogP contribution is 2.25. The minimum atomic E-state index is -0.833. The van der Waals surface area contributed by atoms with Gasteiger partial charge in [0.2, 0.25) is 0 Å². The molecule has 1 unspecified atom stereocenters. The molecule has 0 saturated heterocycles. The summed E-state index contributed by atoms with van der Waals surface area (Å²) in [6.07, 6.45) is 5.64. The van der Waals surface area contributed by atoms with E-state index in [4.69, 9.17) is 15.0 Å². The van der Waals surface area contributed by atoms with Gasteiger partial charge in [0, 0.05) is 6.92 Å². The number of hydrogen-bond donors (Lipinski definition) is 2. The number of carboxylic acid groups (broad SMARTS) is 1. The molecule has 82 valence electrons. The molecule has 0 spiro atoms. The first kappa shape index (κ1) is 13.1. The molecule has 1 rings (SSSR count). The molecule has 1 fully saturated rings. The average molecular weight is 202 g/mol. The van der Waals surface area contributed by atoms with Crippen molar-refractivity contribution in [1.82, 2.24) is 0 Å². The highest BCUT2D eigenvalue weighted by molar-refractivity contribution is 5.62. The molecule has 1 atom stereocenters. The van der Waals surface area contributed by atoms with Crippen LogP contribution >= 0.6 is 0 Å². The highest BCUT2D eigenvalue weighted by atomic mass is 16.4. The maximum absolute atomic E-state index is 10.2. The number of carbonyl (C=O) groups is 2. The summed E-state index contributed by atoms with van der Waals surface area (Å²) < 4.78 is 0. The zero-order chi connectivity index (χ0) is 11.0. The molecular weight excluding hydrogens is 184 g/mol. The average Bonchev–Trinajstić information content (AvgIpc) is 2.17. The van der Waals surface area contributed by atoms with E-state index < -0.39 is 12.1 Å². The summed E-state index contributed by atoms with van der Waals surface area (Å²) >= 11 is 0. The Morgan fingerprint density at radius 3 is 2.14 bits per heavy atom. The fourth-order valence-electron chi connectivity index (χ4n) is 1.59. The molecule has 4 heteroatoms. The molecule has 2 N–H and O–H groups in total. The number of aliphatic carboxylic acids is 1. The molecule has 14 heavy (non-hydrogen) atoms. The van der Waals surface area contributed by atoms with Crippen LogP contribution in [0.4, 0.5) is 0 Å². The van der Waals surface area contributed by atoms with Gasteiger partial charge >= 0.3 is 0 Å². The molecule has 0 aromatic heterocycles. The number of carboxylic acids is 1. The monoisotopic (exact) mass is 202 g/mol. The minimum Gasteiger partial charge on any atom is -0.481 e. The summed E-state index contributed by atoms with van der Waals surface area (Å²) in [6, 6.07) is 0. The first-order chi connectivity index (χ1) is 6.57. The van der Waals surface area contributed by atoms with Crippen molar-refractivity contribution in [3.05, 3.63) is 0 Å². The first-order valence-corrected chi connectivity index (χ1v) is 4.90. The zero-order valence-corrected chi connectivity index (χ0v) is 8.48. The maximum atomic E-state index is 10.2. The Morgan fingerprint density at radius 1 is 1.36 bits per heavy atom. The van der Waals surface area contributed by atoms with Crippen LogP contribution in [0.5, 0.6) is 0 Å². The van der Waals surface area contributed by atoms with Crippen molar-refractivity contribution in [3.8, 4) is 0 Å². The van der Waals surface area contributed by atoms with E-state index in [2.05, 4.69) is 0 Å². The van der Waals surface area contributed by atoms with Crippen LogP contribution < -0.4 is 0 Å². The van der Waals surface area contributed by atoms with Crippen LogP contribution in [0.2, 0.25) is 0 Å². The van der Waals surface area contributed by atoms with Gasteiger partial charge in [-0.1, -0.05) is 19.3 Å². The third-order valence-electron chi connectivity index (χ3n) is 2.27. The van der Waals surface area contributed by atoms with E-state index in [0.29, 0.717) is 6.29 Å². The lowest BCUT2D eigenvalue weighted by Gasteiger charge is -2.22. The molecule has 0 bridgehead atoms. The van der Waals surface area contributed by atoms with Crippen molar-refractivity contribution >= 4 is 12.3 Å². The van der Waals surface area contributed by atoms with Gasteiger partial charge in [-0.05, 0) is 18.8 Å². The van der Waals surface area contributed by atoms with Crippen LogP contribution in [-0.4, -0.2) is 28.6 Å². The van der Waals surface area contributed by atoms with Gasteiger partial charge in [0.25, 0.3) is 5.97 Å². The quantitative estimate of drug-likeness (QED) is 0.660. The second-order valence-corrected chi connectivity index (χ2v) is 3.54. The van der Waals surface area contributed by atoms with Crippen molar-refractivity contribution in [1.29, 1.82) is 0 Å². The number of rotatable bonds is 2. The van der Waals surface area contributed by atoms with Crippen molar-refractivity contribution < 1.29 is 19.8 Å². The van der Waals surface area contributed by atoms with Crippen LogP contribution in [0.1, 0.15) is 39.0 Å². The molecule has 0 heterocycles. The molecule has 0 aromatic rings. The van der Waals surface area contributed by atoms with Gasteiger partial charge in [-0.3, -0.25) is 4.79 Å². The van der Waals surface area contributed by atoms with E-state index in [0.717, 1.165) is 19.8 Å². The number of hydrogen-bond acceptors (Lipinski definition) is 3. The summed E-state index contributed by atoms with van der Waals surface area (Å²) in [5, 5.41) is 16.5. The fourth-order valence-corrected chi connectivity index (χ4v) is 1.59. The van der Waals surface area contributed by atoms with E-state index >= 15 is 0 Å². The SMILES string of the molecule is CC(=O)O.O=CC(O)C1CCCCC1. The van der Waals surface area contributed by atoms with Crippen LogP contribution in [0.25, 0.3) is 0 Å². The van der Waals surface area contributed by atoms with Crippen LogP contribution in [0, 0.1) is 5.92 Å². The molecule has 4 nitrogen and oxygen atoms in total. The topological polar surface area (TPSA) is 74.6 Å². The number of aliphatic hydroxyl groups is 1. The van der Waals surface area contributed by atoms with Gasteiger partial charge in [-0.25, -0.2) is 0 Å². The lowest BCUT2D eigenvalue weighted by atomic mass is 9.86. The Hall–Kier alpha value is -0.900. The van der Waals surface area contributed by atoms with E-state index in [-0.39, 0.29) is 5.92 Å². The van der Waals surface area contributed by atoms with Gasteiger partial charge in [0.15, 0.2) is 0 Å². The summed E-state index contributed by atoms with van der Waals surface area (Å²) in [4.78, 5) is 19.2. The van der Waals surface area contributed by atoms with Crippen molar-refractivity contribution in [2.45, 2.75) is 45.1 Å². The minimum absolute atomic E-state index is 0.256. The summed E-state index contributed by atoms with van der Waals surface area (Å²) in [5.74, 6) is -0.578. The second kappa shape index (κ2) is 7.50. The number of aliphatic hydroxyl groups excluding tert-OH is 1. The molecule has 0 amide bonds. The molecule has 1 aliphatic rings. The van der Waals surface area contributed by atoms with Crippen molar-refractivity contribution in [3.63, 3.8) is 0 Å². The Bertz CT molecular complexity index is 169. The lowest BCUT2D eigenvalue weighted by molar-refractivity contribution is -0.134. The third-order valence-corrected chi connectivity index (χ3v) is 2.27. The summed E-state index contributed by atoms with van der Waals surface area (Å²) in [7, 11) is 0. The molecule has 1 aliphatic carbocycles. The highest BCUT2D eigenvalue weighted by Gasteiger charge is 2.20. The smallest absolute Gasteiger partial charge is 0.300 e. The molecule has 0 aliphatic heterocycles. The van der Waals surface area contributed by atoms with Gasteiger partial charge in [0.05, 0.1) is 0 Å². The predicted octanol–water partition coefficient (Wildman–Crippen LogP) is 1.22. The fraction of sp³-hybridized carbons (Fsp3) is 0.800. The number of carbonyl (C=O) groups excluding carboxylic acids is 1. The van der Waals surface area contributed by atoms with Crippen LogP contribution in [0.3, 0.4) is 0 Å². The van der Waals surface area contributed by atoms with Gasteiger partial charge in [-0.15, -0.1) is 0 Å². The van der Waals surface area contributed by atoms with Crippen molar-refractivity contribution in [2.75, 3.05) is 0 Å². The lowest BCUT2D eigenvalue weighted by Crippen LogP contribution is -2.23. The Morgan fingerprint density at radius 2 is 1.79 bits per heavy atom. The van der Waals surface area contributed by atoms with Gasteiger partial charge in [0.1, 0.15) is 12.4 Å². The van der Waals surface area contributed by atoms with Crippen LogP contribution in [-0.2, 0) is 9.59 Å². The normalized spacial score (nSPS) is 19.0. The standard InChI is InChI=1S/C8H14O2.C2H4O2/c9-6-8(10)7-4-2-1-3-5-7;1-2(3)4/h6-8,10H,1-5H2;1H3,(H,3,4). The van der Waals surface area contributed by atoms with E-state index in [1.54, 1.807) is 0 Å². The van der Waals surface area contributed by atoms with Crippen LogP contribution in [0.15, 0.2) is 0 Å². The summed E-state index contributed by atoms with van der Waals surface area (Å²) in [5.41, 5.74) is 0. The van der Waals surface area contributed by atoms with Crippen molar-refractivity contribution in [2.24, 2.45) is 5.92 Å². The molecule has 1 saturated carbocycles. The largest absolute Gasteiger partial charge is 0.481 e. The Kier molecular flexibility index (Phi) is 7.02. The first-order valence-electron chi connectivity index (χ1n) is 4.90. The maximum Gasteiger partial charge on any atom is 0.300 e. The molecular formula is C10H18O4. The van der Waals surface area contributed by atoms with Gasteiger partial charge in [-0.2, -0.15) is 0 Å². The summed E-state index contributed by atoms with van der Waals surface area (Å²) in [6.45, 7) is 1.08. The Labute approximate surface area is 83.9 Å². The van der Waals surface area contributed by atoms with E-state index in [1.165, 1.54) is 19.3 Å². The van der Waals surface area contributed by atoms with E-state index in [9.17, 15) is 4.79 Å². The second-order valence-electron chi connectivity index (χ2n) is 3.54. The molecule has 0 radical (unpaired) electrons. The van der Waals surface area contributed by atoms with E-state index in [1.807, 2.05) is 0 Å². The number of aldehydes is 1. The molecule has 0 aromatic carbocycles.